The lowest BCUT2D eigenvalue weighted by Crippen LogP contribution is -2.05. The molecule has 0 heterocycles. The van der Waals surface area contributed by atoms with Gasteiger partial charge in [0.1, 0.15) is 0 Å². The van der Waals surface area contributed by atoms with Crippen LogP contribution < -0.4 is 5.73 Å². The van der Waals surface area contributed by atoms with Crippen LogP contribution in [-0.2, 0) is 0 Å². The summed E-state index contributed by atoms with van der Waals surface area (Å²) in [7, 11) is 0. The van der Waals surface area contributed by atoms with Crippen molar-refractivity contribution >= 4 is 0 Å². The SMILES string of the molecule is C=C(C)CC(C)=C=CCC(C)C(=C)N. The Hall–Kier alpha value is -1.20. The van der Waals surface area contributed by atoms with Gasteiger partial charge in [-0.25, -0.2) is 0 Å². The second-order valence-electron chi connectivity index (χ2n) is 3.97. The summed E-state index contributed by atoms with van der Waals surface area (Å²) in [6, 6.07) is 0. The lowest BCUT2D eigenvalue weighted by molar-refractivity contribution is 0.689. The zero-order chi connectivity index (χ0) is 11.1. The molecule has 78 valence electrons. The van der Waals surface area contributed by atoms with E-state index in [4.69, 9.17) is 5.73 Å². The van der Waals surface area contributed by atoms with Gasteiger partial charge in [0, 0.05) is 5.70 Å². The highest BCUT2D eigenvalue weighted by Crippen LogP contribution is 2.09. The Morgan fingerprint density at radius 3 is 2.43 bits per heavy atom. The maximum atomic E-state index is 5.57. The van der Waals surface area contributed by atoms with Gasteiger partial charge in [-0.3, -0.25) is 0 Å². The summed E-state index contributed by atoms with van der Waals surface area (Å²) in [4.78, 5) is 0. The molecule has 1 atom stereocenters. The maximum Gasteiger partial charge on any atom is 0.00395 e. The molecular formula is C13H21N. The molecule has 0 aromatic rings. The third kappa shape index (κ3) is 6.33. The van der Waals surface area contributed by atoms with E-state index in [0.29, 0.717) is 5.92 Å². The molecule has 0 aromatic heterocycles. The lowest BCUT2D eigenvalue weighted by atomic mass is 10.0. The van der Waals surface area contributed by atoms with Crippen LogP contribution in [0.25, 0.3) is 0 Å². The average Bonchev–Trinajstić information content (AvgIpc) is 2.02. The van der Waals surface area contributed by atoms with Crippen LogP contribution in [0.2, 0.25) is 0 Å². The van der Waals surface area contributed by atoms with E-state index in [1.54, 1.807) is 0 Å². The van der Waals surface area contributed by atoms with Crippen LogP contribution in [0.1, 0.15) is 33.6 Å². The van der Waals surface area contributed by atoms with Gasteiger partial charge >= 0.3 is 0 Å². The monoisotopic (exact) mass is 191 g/mol. The first kappa shape index (κ1) is 12.8. The summed E-state index contributed by atoms with van der Waals surface area (Å²) in [5.74, 6) is 0.333. The zero-order valence-electron chi connectivity index (χ0n) is 9.56. The molecule has 0 fully saturated rings. The molecule has 0 saturated heterocycles. The van der Waals surface area contributed by atoms with Crippen molar-refractivity contribution in [2.24, 2.45) is 11.7 Å². The third-order valence-electron chi connectivity index (χ3n) is 2.02. The van der Waals surface area contributed by atoms with Crippen LogP contribution in [0.3, 0.4) is 0 Å². The Kier molecular flexibility index (Phi) is 5.74. The summed E-state index contributed by atoms with van der Waals surface area (Å²) in [6.45, 7) is 13.7. The standard InChI is InChI=1S/C13H21N/c1-10(2)9-11(3)7-6-8-12(4)13(5)14/h6,12H,1,5,8-9,14H2,2-4H3. The van der Waals surface area contributed by atoms with E-state index in [1.807, 2.05) is 13.0 Å². The smallest absolute Gasteiger partial charge is 0.00395 e. The summed E-state index contributed by atoms with van der Waals surface area (Å²) >= 11 is 0. The van der Waals surface area contributed by atoms with Crippen molar-refractivity contribution in [3.63, 3.8) is 0 Å². The normalized spacial score (nSPS) is 11.4. The number of hydrogen-bond donors (Lipinski definition) is 1. The second kappa shape index (κ2) is 6.28. The molecule has 0 amide bonds. The topological polar surface area (TPSA) is 26.0 Å². The Labute approximate surface area is 87.7 Å². The van der Waals surface area contributed by atoms with Crippen LogP contribution >= 0.6 is 0 Å². The van der Waals surface area contributed by atoms with Gasteiger partial charge in [-0.15, -0.1) is 5.73 Å². The predicted molar refractivity (Wildman–Crippen MR) is 63.8 cm³/mol. The molecule has 0 rings (SSSR count). The molecule has 0 aliphatic heterocycles. The van der Waals surface area contributed by atoms with Crippen molar-refractivity contribution in [3.8, 4) is 0 Å². The van der Waals surface area contributed by atoms with Crippen LogP contribution in [0.15, 0.2) is 41.8 Å². The highest BCUT2D eigenvalue weighted by molar-refractivity contribution is 5.09. The molecule has 0 spiro atoms. The van der Waals surface area contributed by atoms with E-state index in [0.717, 1.165) is 18.5 Å². The lowest BCUT2D eigenvalue weighted by Gasteiger charge is -2.05. The van der Waals surface area contributed by atoms with Crippen LogP contribution in [0, 0.1) is 5.92 Å². The van der Waals surface area contributed by atoms with Gasteiger partial charge in [-0.05, 0) is 44.3 Å². The van der Waals surface area contributed by atoms with E-state index >= 15 is 0 Å². The fraction of sp³-hybridized carbons (Fsp3) is 0.462. The molecule has 14 heavy (non-hydrogen) atoms. The molecule has 0 aliphatic carbocycles. The summed E-state index contributed by atoms with van der Waals surface area (Å²) < 4.78 is 0. The zero-order valence-corrected chi connectivity index (χ0v) is 9.56. The minimum atomic E-state index is 0.333. The van der Waals surface area contributed by atoms with Gasteiger partial charge in [0.15, 0.2) is 0 Å². The van der Waals surface area contributed by atoms with Gasteiger partial charge in [-0.1, -0.05) is 25.7 Å². The Balaban J connectivity index is 4.15. The van der Waals surface area contributed by atoms with Crippen molar-refractivity contribution < 1.29 is 0 Å². The Morgan fingerprint density at radius 1 is 1.43 bits per heavy atom. The molecule has 1 heteroatoms. The predicted octanol–water partition coefficient (Wildman–Crippen LogP) is 3.55. The van der Waals surface area contributed by atoms with Gasteiger partial charge in [-0.2, -0.15) is 0 Å². The van der Waals surface area contributed by atoms with Crippen molar-refractivity contribution in [1.29, 1.82) is 0 Å². The van der Waals surface area contributed by atoms with Gasteiger partial charge < -0.3 is 5.73 Å². The third-order valence-corrected chi connectivity index (χ3v) is 2.02. The van der Waals surface area contributed by atoms with E-state index < -0.39 is 0 Å². The molecule has 2 N–H and O–H groups in total. The van der Waals surface area contributed by atoms with Crippen LogP contribution in [0.5, 0.6) is 0 Å². The number of rotatable bonds is 5. The molecule has 0 aliphatic rings. The second-order valence-corrected chi connectivity index (χ2v) is 3.97. The highest BCUT2D eigenvalue weighted by Gasteiger charge is 1.98. The van der Waals surface area contributed by atoms with Crippen molar-refractivity contribution in [2.45, 2.75) is 33.6 Å². The summed E-state index contributed by atoms with van der Waals surface area (Å²) in [6.07, 6.45) is 3.86. The van der Waals surface area contributed by atoms with E-state index in [9.17, 15) is 0 Å². The van der Waals surface area contributed by atoms with E-state index in [1.165, 1.54) is 11.1 Å². The maximum absolute atomic E-state index is 5.57. The average molecular weight is 191 g/mol. The number of allylic oxidation sites excluding steroid dienone is 3. The van der Waals surface area contributed by atoms with Gasteiger partial charge in [0.25, 0.3) is 0 Å². The molecule has 1 unspecified atom stereocenters. The first-order chi connectivity index (χ1) is 6.43. The quantitative estimate of drug-likeness (QED) is 0.522. The van der Waals surface area contributed by atoms with E-state index in [2.05, 4.69) is 32.7 Å². The summed E-state index contributed by atoms with van der Waals surface area (Å²) in [5, 5.41) is 0. The fourth-order valence-electron chi connectivity index (χ4n) is 1.07. The van der Waals surface area contributed by atoms with Crippen LogP contribution in [0.4, 0.5) is 0 Å². The highest BCUT2D eigenvalue weighted by atomic mass is 14.6. The molecule has 0 aromatic carbocycles. The Bertz CT molecular complexity index is 278. The van der Waals surface area contributed by atoms with Crippen molar-refractivity contribution in [1.82, 2.24) is 0 Å². The molecular weight excluding hydrogens is 170 g/mol. The molecule has 0 bridgehead atoms. The summed E-state index contributed by atoms with van der Waals surface area (Å²) in [5.41, 5.74) is 11.9. The van der Waals surface area contributed by atoms with Gasteiger partial charge in [0.2, 0.25) is 0 Å². The first-order valence-electron chi connectivity index (χ1n) is 4.92. The fourth-order valence-corrected chi connectivity index (χ4v) is 1.07. The first-order valence-corrected chi connectivity index (χ1v) is 4.92. The van der Waals surface area contributed by atoms with Gasteiger partial charge in [0.05, 0.1) is 0 Å². The minimum Gasteiger partial charge on any atom is -0.402 e. The largest absolute Gasteiger partial charge is 0.402 e. The number of hydrogen-bond acceptors (Lipinski definition) is 1. The number of nitrogens with two attached hydrogens (primary N) is 1. The van der Waals surface area contributed by atoms with E-state index in [-0.39, 0.29) is 0 Å². The Morgan fingerprint density at radius 2 is 2.00 bits per heavy atom. The van der Waals surface area contributed by atoms with Crippen LogP contribution in [-0.4, -0.2) is 0 Å². The van der Waals surface area contributed by atoms with Crippen molar-refractivity contribution in [3.05, 3.63) is 41.8 Å². The minimum absolute atomic E-state index is 0.333. The van der Waals surface area contributed by atoms with Crippen molar-refractivity contribution in [2.75, 3.05) is 0 Å². The molecule has 0 radical (unpaired) electrons. The molecule has 1 nitrogen and oxygen atoms in total. The molecule has 0 saturated carbocycles.